The summed E-state index contributed by atoms with van der Waals surface area (Å²) in [7, 11) is 0. The molecule has 2 rings (SSSR count). The number of hydrogen-bond acceptors (Lipinski definition) is 5. The third kappa shape index (κ3) is 5.32. The molecule has 1 heterocycles. The van der Waals surface area contributed by atoms with Gasteiger partial charge in [-0.05, 0) is 44.5 Å². The van der Waals surface area contributed by atoms with Gasteiger partial charge in [-0.3, -0.25) is 4.79 Å². The lowest BCUT2D eigenvalue weighted by Gasteiger charge is -2.12. The monoisotopic (exact) mass is 446 g/mol. The molecule has 0 saturated carbocycles. The lowest BCUT2D eigenvalue weighted by molar-refractivity contribution is -0.137. The van der Waals surface area contributed by atoms with Gasteiger partial charge in [-0.2, -0.15) is 13.2 Å². The second-order valence-corrected chi connectivity index (χ2v) is 6.57. The normalized spacial score (nSPS) is 11.2. The molecule has 0 radical (unpaired) electrons. The Hall–Kier alpha value is -3.01. The molecule has 0 saturated heterocycles. The summed E-state index contributed by atoms with van der Waals surface area (Å²) in [5.74, 6) is -2.42. The van der Waals surface area contributed by atoms with Crippen molar-refractivity contribution in [1.29, 1.82) is 0 Å². The number of amides is 1. The SMILES string of the molecule is CCOC(=O)c1[nH]c(C)c(C(=O)OCC(=O)Nc2cc(C(F)(F)F)ccc2Cl)c1C. The van der Waals surface area contributed by atoms with Crippen LogP contribution in [-0.4, -0.2) is 36.0 Å². The van der Waals surface area contributed by atoms with Gasteiger partial charge in [0.15, 0.2) is 6.61 Å². The summed E-state index contributed by atoms with van der Waals surface area (Å²) in [5, 5.41) is 2.06. The van der Waals surface area contributed by atoms with Crippen LogP contribution >= 0.6 is 11.6 Å². The summed E-state index contributed by atoms with van der Waals surface area (Å²) in [6.45, 7) is 4.05. The molecular weight excluding hydrogens is 429 g/mol. The first-order valence-corrected chi connectivity index (χ1v) is 9.03. The van der Waals surface area contributed by atoms with E-state index >= 15 is 0 Å². The Balaban J connectivity index is 2.07. The molecule has 0 aliphatic rings. The average Bonchev–Trinajstić information content (AvgIpc) is 2.95. The van der Waals surface area contributed by atoms with Crippen LogP contribution in [0, 0.1) is 13.8 Å². The predicted octanol–water partition coefficient (Wildman–Crippen LogP) is 4.28. The number of carbonyl (C=O) groups is 3. The lowest BCUT2D eigenvalue weighted by Crippen LogP contribution is -2.22. The van der Waals surface area contributed by atoms with E-state index in [1.807, 2.05) is 0 Å². The van der Waals surface area contributed by atoms with Gasteiger partial charge in [0.2, 0.25) is 0 Å². The van der Waals surface area contributed by atoms with Crippen molar-refractivity contribution in [3.8, 4) is 0 Å². The quantitative estimate of drug-likeness (QED) is 0.646. The molecule has 7 nitrogen and oxygen atoms in total. The number of hydrogen-bond donors (Lipinski definition) is 2. The van der Waals surface area contributed by atoms with E-state index in [1.165, 1.54) is 13.8 Å². The molecule has 11 heteroatoms. The number of benzene rings is 1. The molecule has 0 unspecified atom stereocenters. The van der Waals surface area contributed by atoms with E-state index in [-0.39, 0.29) is 34.1 Å². The van der Waals surface area contributed by atoms with Gasteiger partial charge in [0.25, 0.3) is 5.91 Å². The lowest BCUT2D eigenvalue weighted by atomic mass is 10.1. The number of nitrogens with one attached hydrogen (secondary N) is 2. The second kappa shape index (κ2) is 9.21. The van der Waals surface area contributed by atoms with E-state index in [1.54, 1.807) is 6.92 Å². The largest absolute Gasteiger partial charge is 0.461 e. The average molecular weight is 447 g/mol. The number of H-pyrrole nitrogens is 1. The first kappa shape index (κ1) is 23.3. The second-order valence-electron chi connectivity index (χ2n) is 6.16. The first-order valence-electron chi connectivity index (χ1n) is 8.65. The van der Waals surface area contributed by atoms with Crippen molar-refractivity contribution in [2.75, 3.05) is 18.5 Å². The van der Waals surface area contributed by atoms with Crippen LogP contribution in [0.3, 0.4) is 0 Å². The molecular formula is C19H18ClF3N2O5. The minimum Gasteiger partial charge on any atom is -0.461 e. The van der Waals surface area contributed by atoms with E-state index in [9.17, 15) is 27.6 Å². The van der Waals surface area contributed by atoms with Gasteiger partial charge in [-0.15, -0.1) is 0 Å². The molecule has 2 N–H and O–H groups in total. The van der Waals surface area contributed by atoms with Gasteiger partial charge in [0.05, 0.1) is 28.4 Å². The molecule has 0 bridgehead atoms. The smallest absolute Gasteiger partial charge is 0.416 e. The highest BCUT2D eigenvalue weighted by Gasteiger charge is 2.31. The van der Waals surface area contributed by atoms with Crippen LogP contribution in [0.4, 0.5) is 18.9 Å². The highest BCUT2D eigenvalue weighted by atomic mass is 35.5. The van der Waals surface area contributed by atoms with E-state index in [4.69, 9.17) is 21.1 Å². The zero-order valence-corrected chi connectivity index (χ0v) is 17.0. The minimum atomic E-state index is -4.61. The molecule has 0 aliphatic heterocycles. The zero-order chi connectivity index (χ0) is 22.6. The Morgan fingerprint density at radius 3 is 2.40 bits per heavy atom. The summed E-state index contributed by atoms with van der Waals surface area (Å²) in [5.41, 5.74) is -0.501. The molecule has 30 heavy (non-hydrogen) atoms. The predicted molar refractivity (Wildman–Crippen MR) is 102 cm³/mol. The fourth-order valence-electron chi connectivity index (χ4n) is 2.65. The van der Waals surface area contributed by atoms with Crippen molar-refractivity contribution in [2.24, 2.45) is 0 Å². The van der Waals surface area contributed by atoms with Gasteiger partial charge in [0, 0.05) is 5.69 Å². The Labute approximate surface area is 174 Å². The first-order chi connectivity index (χ1) is 14.0. The Morgan fingerprint density at radius 1 is 1.13 bits per heavy atom. The van der Waals surface area contributed by atoms with Crippen LogP contribution in [0.25, 0.3) is 0 Å². The maximum absolute atomic E-state index is 12.8. The minimum absolute atomic E-state index is 0.0583. The van der Waals surface area contributed by atoms with Crippen molar-refractivity contribution in [3.05, 3.63) is 51.3 Å². The summed E-state index contributed by atoms with van der Waals surface area (Å²) >= 11 is 5.81. The van der Waals surface area contributed by atoms with Gasteiger partial charge in [-0.1, -0.05) is 11.6 Å². The Kier molecular flexibility index (Phi) is 7.14. The van der Waals surface area contributed by atoms with Crippen LogP contribution in [0.1, 0.15) is 44.6 Å². The highest BCUT2D eigenvalue weighted by molar-refractivity contribution is 6.33. The number of halogens is 4. The van der Waals surface area contributed by atoms with E-state index in [0.29, 0.717) is 11.8 Å². The molecule has 2 aromatic rings. The number of aryl methyl sites for hydroxylation is 1. The molecule has 1 aromatic carbocycles. The van der Waals surface area contributed by atoms with Crippen LogP contribution in [-0.2, 0) is 20.4 Å². The molecule has 0 atom stereocenters. The molecule has 0 spiro atoms. The molecule has 0 fully saturated rings. The van der Waals surface area contributed by atoms with Gasteiger partial charge in [0.1, 0.15) is 5.69 Å². The summed E-state index contributed by atoms with van der Waals surface area (Å²) < 4.78 is 48.2. The van der Waals surface area contributed by atoms with Gasteiger partial charge >= 0.3 is 18.1 Å². The molecule has 1 aromatic heterocycles. The fraction of sp³-hybridized carbons (Fsp3) is 0.316. The summed E-state index contributed by atoms with van der Waals surface area (Å²) in [6.07, 6.45) is -4.61. The standard InChI is InChI=1S/C19H18ClF3N2O5/c1-4-29-18(28)16-9(2)15(10(3)24-16)17(27)30-8-14(26)25-13-7-11(19(21,22)23)5-6-12(13)20/h5-7,24H,4,8H2,1-3H3,(H,25,26). The molecule has 162 valence electrons. The van der Waals surface area contributed by atoms with Crippen LogP contribution < -0.4 is 5.32 Å². The van der Waals surface area contributed by atoms with Crippen molar-refractivity contribution in [1.82, 2.24) is 4.98 Å². The zero-order valence-electron chi connectivity index (χ0n) is 16.2. The van der Waals surface area contributed by atoms with Gasteiger partial charge < -0.3 is 19.8 Å². The Morgan fingerprint density at radius 2 is 1.80 bits per heavy atom. The molecule has 0 aliphatic carbocycles. The van der Waals surface area contributed by atoms with Crippen LogP contribution in [0.5, 0.6) is 0 Å². The van der Waals surface area contributed by atoms with E-state index < -0.39 is 36.2 Å². The maximum atomic E-state index is 12.8. The van der Waals surface area contributed by atoms with Crippen molar-refractivity contribution in [3.63, 3.8) is 0 Å². The fourth-order valence-corrected chi connectivity index (χ4v) is 2.82. The van der Waals surface area contributed by atoms with Gasteiger partial charge in [-0.25, -0.2) is 9.59 Å². The number of esters is 2. The van der Waals surface area contributed by atoms with Crippen molar-refractivity contribution < 1.29 is 37.0 Å². The van der Waals surface area contributed by atoms with E-state index in [2.05, 4.69) is 10.3 Å². The third-order valence-electron chi connectivity index (χ3n) is 4.02. The molecule has 1 amide bonds. The highest BCUT2D eigenvalue weighted by Crippen LogP contribution is 2.33. The Bertz CT molecular complexity index is 985. The topological polar surface area (TPSA) is 97.5 Å². The van der Waals surface area contributed by atoms with Crippen LogP contribution in [0.2, 0.25) is 5.02 Å². The number of carbonyl (C=O) groups excluding carboxylic acids is 3. The number of anilines is 1. The maximum Gasteiger partial charge on any atom is 0.416 e. The summed E-state index contributed by atoms with van der Waals surface area (Å²) in [4.78, 5) is 39.0. The number of aromatic amines is 1. The number of alkyl halides is 3. The number of rotatable bonds is 6. The van der Waals surface area contributed by atoms with E-state index in [0.717, 1.165) is 12.1 Å². The third-order valence-corrected chi connectivity index (χ3v) is 4.35. The van der Waals surface area contributed by atoms with Crippen LogP contribution in [0.15, 0.2) is 18.2 Å². The van der Waals surface area contributed by atoms with Crippen molar-refractivity contribution in [2.45, 2.75) is 26.9 Å². The number of aromatic nitrogens is 1. The van der Waals surface area contributed by atoms with Crippen molar-refractivity contribution >= 4 is 35.1 Å². The number of ether oxygens (including phenoxy) is 2. The summed E-state index contributed by atoms with van der Waals surface area (Å²) in [6, 6.07) is 2.44.